The third-order valence-corrected chi connectivity index (χ3v) is 3.46. The molecule has 2 N–H and O–H groups in total. The summed E-state index contributed by atoms with van der Waals surface area (Å²) in [6.45, 7) is 4.41. The monoisotopic (exact) mass is 295 g/mol. The van der Waals surface area contributed by atoms with Gasteiger partial charge in [0, 0.05) is 6.54 Å². The van der Waals surface area contributed by atoms with Gasteiger partial charge in [0.2, 0.25) is 0 Å². The Bertz CT molecular complexity index is 686. The first-order valence-corrected chi connectivity index (χ1v) is 7.71. The maximum atomic E-state index is 5.58. The topological polar surface area (TPSA) is 49.9 Å². The SMILES string of the molecule is CCCOc1ccc(CNCc2nc3ccccc3[nH]2)cc1. The van der Waals surface area contributed by atoms with Gasteiger partial charge in [0.1, 0.15) is 11.6 Å². The van der Waals surface area contributed by atoms with Gasteiger partial charge >= 0.3 is 0 Å². The molecule has 0 saturated heterocycles. The molecule has 0 amide bonds. The number of hydrogen-bond donors (Lipinski definition) is 2. The summed E-state index contributed by atoms with van der Waals surface area (Å²) in [6.07, 6.45) is 1.03. The van der Waals surface area contributed by atoms with Crippen LogP contribution < -0.4 is 10.1 Å². The van der Waals surface area contributed by atoms with Crippen molar-refractivity contribution in [3.8, 4) is 5.75 Å². The number of imidazole rings is 1. The zero-order valence-electron chi connectivity index (χ0n) is 12.8. The van der Waals surface area contributed by atoms with Crippen LogP contribution in [0.2, 0.25) is 0 Å². The number of rotatable bonds is 7. The van der Waals surface area contributed by atoms with Gasteiger partial charge in [0.15, 0.2) is 0 Å². The van der Waals surface area contributed by atoms with E-state index in [0.717, 1.165) is 48.7 Å². The molecule has 1 aromatic heterocycles. The van der Waals surface area contributed by atoms with Crippen LogP contribution in [0.3, 0.4) is 0 Å². The first kappa shape index (κ1) is 14.6. The molecule has 4 nitrogen and oxygen atoms in total. The summed E-state index contributed by atoms with van der Waals surface area (Å²) in [5.74, 6) is 1.90. The van der Waals surface area contributed by atoms with Crippen molar-refractivity contribution in [1.29, 1.82) is 0 Å². The predicted octanol–water partition coefficient (Wildman–Crippen LogP) is 3.64. The molecule has 4 heteroatoms. The molecule has 114 valence electrons. The van der Waals surface area contributed by atoms with Crippen LogP contribution in [0.25, 0.3) is 11.0 Å². The van der Waals surface area contributed by atoms with Gasteiger partial charge in [0.25, 0.3) is 0 Å². The maximum Gasteiger partial charge on any atom is 0.121 e. The largest absolute Gasteiger partial charge is 0.494 e. The zero-order chi connectivity index (χ0) is 15.2. The van der Waals surface area contributed by atoms with Crippen molar-refractivity contribution in [2.75, 3.05) is 6.61 Å². The minimum absolute atomic E-state index is 0.725. The number of H-pyrrole nitrogens is 1. The van der Waals surface area contributed by atoms with Gasteiger partial charge in [-0.05, 0) is 36.2 Å². The van der Waals surface area contributed by atoms with Crippen LogP contribution in [-0.2, 0) is 13.1 Å². The number of ether oxygens (including phenoxy) is 1. The lowest BCUT2D eigenvalue weighted by Gasteiger charge is -2.06. The smallest absolute Gasteiger partial charge is 0.121 e. The lowest BCUT2D eigenvalue weighted by Crippen LogP contribution is -2.13. The van der Waals surface area contributed by atoms with E-state index in [0.29, 0.717) is 0 Å². The number of aromatic amines is 1. The highest BCUT2D eigenvalue weighted by atomic mass is 16.5. The molecule has 0 saturated carbocycles. The van der Waals surface area contributed by atoms with Gasteiger partial charge in [-0.15, -0.1) is 0 Å². The Hall–Kier alpha value is -2.33. The molecule has 0 fully saturated rings. The molecule has 0 bridgehead atoms. The fraction of sp³-hybridized carbons (Fsp3) is 0.278. The van der Waals surface area contributed by atoms with E-state index in [2.05, 4.69) is 34.3 Å². The highest BCUT2D eigenvalue weighted by Crippen LogP contribution is 2.13. The highest BCUT2D eigenvalue weighted by molar-refractivity contribution is 5.74. The quantitative estimate of drug-likeness (QED) is 0.699. The summed E-state index contributed by atoms with van der Waals surface area (Å²) in [5.41, 5.74) is 3.33. The van der Waals surface area contributed by atoms with Crippen molar-refractivity contribution in [2.45, 2.75) is 26.4 Å². The Balaban J connectivity index is 1.52. The molecule has 0 aliphatic rings. The zero-order valence-corrected chi connectivity index (χ0v) is 12.8. The molecule has 0 unspecified atom stereocenters. The summed E-state index contributed by atoms with van der Waals surface area (Å²) in [4.78, 5) is 7.87. The second kappa shape index (κ2) is 7.09. The Morgan fingerprint density at radius 2 is 1.86 bits per heavy atom. The molecule has 0 spiro atoms. The second-order valence-electron chi connectivity index (χ2n) is 5.30. The Labute approximate surface area is 130 Å². The van der Waals surface area contributed by atoms with Crippen LogP contribution in [0, 0.1) is 0 Å². The summed E-state index contributed by atoms with van der Waals surface area (Å²) in [5, 5.41) is 3.41. The van der Waals surface area contributed by atoms with Gasteiger partial charge in [-0.3, -0.25) is 0 Å². The van der Waals surface area contributed by atoms with Crippen LogP contribution in [0.15, 0.2) is 48.5 Å². The minimum Gasteiger partial charge on any atom is -0.494 e. The minimum atomic E-state index is 0.725. The molecule has 3 aromatic rings. The summed E-state index contributed by atoms with van der Waals surface area (Å²) >= 11 is 0. The van der Waals surface area contributed by atoms with E-state index >= 15 is 0 Å². The third kappa shape index (κ3) is 3.65. The van der Waals surface area contributed by atoms with Gasteiger partial charge in [-0.1, -0.05) is 31.2 Å². The molecule has 0 radical (unpaired) electrons. The van der Waals surface area contributed by atoms with Gasteiger partial charge < -0.3 is 15.0 Å². The first-order chi connectivity index (χ1) is 10.8. The number of hydrogen-bond acceptors (Lipinski definition) is 3. The Kier molecular flexibility index (Phi) is 4.71. The van der Waals surface area contributed by atoms with E-state index in [1.807, 2.05) is 36.4 Å². The van der Waals surface area contributed by atoms with Crippen LogP contribution in [0.1, 0.15) is 24.7 Å². The van der Waals surface area contributed by atoms with Crippen molar-refractivity contribution >= 4 is 11.0 Å². The average Bonchev–Trinajstić information content (AvgIpc) is 2.97. The molecule has 0 atom stereocenters. The molecular weight excluding hydrogens is 274 g/mol. The van der Waals surface area contributed by atoms with Crippen molar-refractivity contribution in [2.24, 2.45) is 0 Å². The van der Waals surface area contributed by atoms with Crippen molar-refractivity contribution < 1.29 is 4.74 Å². The summed E-state index contributed by atoms with van der Waals surface area (Å²) < 4.78 is 5.58. The first-order valence-electron chi connectivity index (χ1n) is 7.71. The lowest BCUT2D eigenvalue weighted by molar-refractivity contribution is 0.317. The van der Waals surface area contributed by atoms with Gasteiger partial charge in [0.05, 0.1) is 24.2 Å². The molecule has 0 aliphatic carbocycles. The fourth-order valence-corrected chi connectivity index (χ4v) is 2.34. The average molecular weight is 295 g/mol. The van der Waals surface area contributed by atoms with Crippen LogP contribution >= 0.6 is 0 Å². The van der Waals surface area contributed by atoms with Crippen LogP contribution in [0.5, 0.6) is 5.75 Å². The molecule has 0 aliphatic heterocycles. The van der Waals surface area contributed by atoms with E-state index < -0.39 is 0 Å². The highest BCUT2D eigenvalue weighted by Gasteiger charge is 2.01. The number of nitrogens with zero attached hydrogens (tertiary/aromatic N) is 1. The normalized spacial score (nSPS) is 11.0. The van der Waals surface area contributed by atoms with E-state index in [4.69, 9.17) is 4.74 Å². The number of aromatic nitrogens is 2. The standard InChI is InChI=1S/C18H21N3O/c1-2-11-22-15-9-7-14(8-10-15)12-19-13-18-20-16-5-3-4-6-17(16)21-18/h3-10,19H,2,11-13H2,1H3,(H,20,21). The maximum absolute atomic E-state index is 5.58. The number of para-hydroxylation sites is 2. The van der Waals surface area contributed by atoms with E-state index in [9.17, 15) is 0 Å². The lowest BCUT2D eigenvalue weighted by atomic mass is 10.2. The van der Waals surface area contributed by atoms with Crippen molar-refractivity contribution in [3.63, 3.8) is 0 Å². The number of fused-ring (bicyclic) bond motifs is 1. The van der Waals surface area contributed by atoms with Crippen LogP contribution in [0.4, 0.5) is 0 Å². The number of benzene rings is 2. The van der Waals surface area contributed by atoms with E-state index in [1.165, 1.54) is 5.56 Å². The van der Waals surface area contributed by atoms with Crippen molar-refractivity contribution in [1.82, 2.24) is 15.3 Å². The Morgan fingerprint density at radius 3 is 2.64 bits per heavy atom. The fourth-order valence-electron chi connectivity index (χ4n) is 2.34. The van der Waals surface area contributed by atoms with E-state index in [1.54, 1.807) is 0 Å². The van der Waals surface area contributed by atoms with Crippen LogP contribution in [-0.4, -0.2) is 16.6 Å². The van der Waals surface area contributed by atoms with Crippen molar-refractivity contribution in [3.05, 3.63) is 59.9 Å². The second-order valence-corrected chi connectivity index (χ2v) is 5.30. The molecule has 3 rings (SSSR count). The predicted molar refractivity (Wildman–Crippen MR) is 88.9 cm³/mol. The molecule has 1 heterocycles. The summed E-state index contributed by atoms with van der Waals surface area (Å²) in [6, 6.07) is 16.3. The summed E-state index contributed by atoms with van der Waals surface area (Å²) in [7, 11) is 0. The third-order valence-electron chi connectivity index (χ3n) is 3.46. The number of nitrogens with one attached hydrogen (secondary N) is 2. The van der Waals surface area contributed by atoms with Gasteiger partial charge in [-0.25, -0.2) is 4.98 Å². The molecule has 22 heavy (non-hydrogen) atoms. The Morgan fingerprint density at radius 1 is 1.05 bits per heavy atom. The van der Waals surface area contributed by atoms with E-state index in [-0.39, 0.29) is 0 Å². The molecular formula is C18H21N3O. The molecule has 2 aromatic carbocycles. The van der Waals surface area contributed by atoms with Gasteiger partial charge in [-0.2, -0.15) is 0 Å².